The van der Waals surface area contributed by atoms with Gasteiger partial charge in [-0.1, -0.05) is 24.3 Å². The van der Waals surface area contributed by atoms with Crippen molar-refractivity contribution in [3.05, 3.63) is 48.5 Å². The molecule has 0 heterocycles. The van der Waals surface area contributed by atoms with E-state index in [1.807, 2.05) is 51.1 Å². The Morgan fingerprint density at radius 2 is 1.47 bits per heavy atom. The summed E-state index contributed by atoms with van der Waals surface area (Å²) in [5, 5.41) is 0. The molecule has 2 heteroatoms. The van der Waals surface area contributed by atoms with E-state index in [0.717, 1.165) is 22.6 Å². The molecule has 0 unspecified atom stereocenters. The zero-order chi connectivity index (χ0) is 13.9. The second kappa shape index (κ2) is 5.35. The van der Waals surface area contributed by atoms with E-state index in [1.165, 1.54) is 0 Å². The van der Waals surface area contributed by atoms with Crippen LogP contribution in [0, 0.1) is 0 Å². The van der Waals surface area contributed by atoms with Crippen LogP contribution in [0.4, 0.5) is 0 Å². The first-order chi connectivity index (χ1) is 8.98. The average molecular weight is 256 g/mol. The number of benzene rings is 2. The second-order valence-electron chi connectivity index (χ2n) is 5.47. The van der Waals surface area contributed by atoms with Crippen LogP contribution in [0.1, 0.15) is 20.8 Å². The Morgan fingerprint density at radius 1 is 0.789 bits per heavy atom. The summed E-state index contributed by atoms with van der Waals surface area (Å²) in [6.07, 6.45) is 0. The number of hydrogen-bond donors (Lipinski definition) is 0. The van der Waals surface area contributed by atoms with Crippen LogP contribution in [-0.2, 0) is 0 Å². The van der Waals surface area contributed by atoms with Crippen molar-refractivity contribution in [2.75, 3.05) is 7.11 Å². The number of ether oxygens (including phenoxy) is 2. The molecule has 0 aliphatic rings. The van der Waals surface area contributed by atoms with E-state index < -0.39 is 0 Å². The normalized spacial score (nSPS) is 11.2. The van der Waals surface area contributed by atoms with Gasteiger partial charge < -0.3 is 9.47 Å². The minimum absolute atomic E-state index is 0.169. The van der Waals surface area contributed by atoms with E-state index in [0.29, 0.717) is 0 Å². The summed E-state index contributed by atoms with van der Waals surface area (Å²) in [5.41, 5.74) is 2.12. The van der Waals surface area contributed by atoms with Gasteiger partial charge >= 0.3 is 0 Å². The fourth-order valence-corrected chi connectivity index (χ4v) is 1.87. The lowest BCUT2D eigenvalue weighted by Gasteiger charge is -2.21. The lowest BCUT2D eigenvalue weighted by molar-refractivity contribution is 0.131. The Bertz CT molecular complexity index is 536. The van der Waals surface area contributed by atoms with E-state index in [9.17, 15) is 0 Å². The van der Waals surface area contributed by atoms with Crippen molar-refractivity contribution in [3.8, 4) is 22.6 Å². The zero-order valence-electron chi connectivity index (χ0n) is 11.9. The predicted octanol–water partition coefficient (Wildman–Crippen LogP) is 4.54. The van der Waals surface area contributed by atoms with Crippen molar-refractivity contribution >= 4 is 0 Å². The van der Waals surface area contributed by atoms with Crippen LogP contribution in [-0.4, -0.2) is 12.7 Å². The molecule has 2 aromatic carbocycles. The molecular weight excluding hydrogens is 236 g/mol. The van der Waals surface area contributed by atoms with Gasteiger partial charge in [0.15, 0.2) is 0 Å². The van der Waals surface area contributed by atoms with Gasteiger partial charge in [0.05, 0.1) is 7.11 Å². The molecule has 0 spiro atoms. The molecule has 0 aliphatic carbocycles. The molecule has 0 bridgehead atoms. The monoisotopic (exact) mass is 256 g/mol. The van der Waals surface area contributed by atoms with Crippen molar-refractivity contribution in [1.82, 2.24) is 0 Å². The van der Waals surface area contributed by atoms with Gasteiger partial charge in [-0.15, -0.1) is 0 Å². The fraction of sp³-hybridized carbons (Fsp3) is 0.294. The number of rotatable bonds is 3. The predicted molar refractivity (Wildman–Crippen MR) is 78.8 cm³/mol. The smallest absolute Gasteiger partial charge is 0.120 e. The lowest BCUT2D eigenvalue weighted by atomic mass is 10.1. The average Bonchev–Trinajstić information content (AvgIpc) is 2.38. The summed E-state index contributed by atoms with van der Waals surface area (Å²) in [4.78, 5) is 0. The SMILES string of the molecule is COc1cccc(-c2ccc(OC(C)(C)C)cc2)c1. The number of hydrogen-bond acceptors (Lipinski definition) is 2. The van der Waals surface area contributed by atoms with Gasteiger partial charge in [-0.05, 0) is 56.2 Å². The molecule has 0 aromatic heterocycles. The van der Waals surface area contributed by atoms with Crippen LogP contribution >= 0.6 is 0 Å². The van der Waals surface area contributed by atoms with Gasteiger partial charge in [-0.25, -0.2) is 0 Å². The molecular formula is C17H20O2. The lowest BCUT2D eigenvalue weighted by Crippen LogP contribution is -2.22. The van der Waals surface area contributed by atoms with E-state index in [1.54, 1.807) is 7.11 Å². The third-order valence-electron chi connectivity index (χ3n) is 2.68. The van der Waals surface area contributed by atoms with Gasteiger partial charge in [-0.2, -0.15) is 0 Å². The summed E-state index contributed by atoms with van der Waals surface area (Å²) < 4.78 is 11.1. The standard InChI is InChI=1S/C17H20O2/c1-17(2,3)19-15-10-8-13(9-11-15)14-6-5-7-16(12-14)18-4/h5-12H,1-4H3. The molecule has 0 saturated carbocycles. The number of methoxy groups -OCH3 is 1. The Morgan fingerprint density at radius 3 is 2.05 bits per heavy atom. The van der Waals surface area contributed by atoms with Crippen LogP contribution < -0.4 is 9.47 Å². The first-order valence-electron chi connectivity index (χ1n) is 6.41. The van der Waals surface area contributed by atoms with E-state index in [4.69, 9.17) is 9.47 Å². The minimum atomic E-state index is -0.169. The Kier molecular flexibility index (Phi) is 3.79. The van der Waals surface area contributed by atoms with E-state index >= 15 is 0 Å². The van der Waals surface area contributed by atoms with Crippen molar-refractivity contribution < 1.29 is 9.47 Å². The summed E-state index contributed by atoms with van der Waals surface area (Å²) in [5.74, 6) is 1.76. The highest BCUT2D eigenvalue weighted by Gasteiger charge is 2.11. The van der Waals surface area contributed by atoms with Gasteiger partial charge in [0.25, 0.3) is 0 Å². The largest absolute Gasteiger partial charge is 0.497 e. The highest BCUT2D eigenvalue weighted by Crippen LogP contribution is 2.26. The molecule has 19 heavy (non-hydrogen) atoms. The molecule has 100 valence electrons. The summed E-state index contributed by atoms with van der Waals surface area (Å²) >= 11 is 0. The third kappa shape index (κ3) is 3.75. The Labute approximate surface area is 115 Å². The topological polar surface area (TPSA) is 18.5 Å². The summed E-state index contributed by atoms with van der Waals surface area (Å²) in [6.45, 7) is 6.13. The molecule has 2 nitrogen and oxygen atoms in total. The fourth-order valence-electron chi connectivity index (χ4n) is 1.87. The van der Waals surface area contributed by atoms with Crippen LogP contribution in [0.15, 0.2) is 48.5 Å². The highest BCUT2D eigenvalue weighted by molar-refractivity contribution is 5.65. The van der Waals surface area contributed by atoms with Crippen molar-refractivity contribution in [3.63, 3.8) is 0 Å². The molecule has 0 amide bonds. The maximum Gasteiger partial charge on any atom is 0.120 e. The first kappa shape index (κ1) is 13.5. The van der Waals surface area contributed by atoms with E-state index in [-0.39, 0.29) is 5.60 Å². The molecule has 2 rings (SSSR count). The van der Waals surface area contributed by atoms with Crippen molar-refractivity contribution in [1.29, 1.82) is 0 Å². The summed E-state index contributed by atoms with van der Waals surface area (Å²) in [7, 11) is 1.68. The first-order valence-corrected chi connectivity index (χ1v) is 6.41. The van der Waals surface area contributed by atoms with E-state index in [2.05, 4.69) is 18.2 Å². The molecule has 0 radical (unpaired) electrons. The van der Waals surface area contributed by atoms with Gasteiger partial charge in [0.2, 0.25) is 0 Å². The third-order valence-corrected chi connectivity index (χ3v) is 2.68. The minimum Gasteiger partial charge on any atom is -0.497 e. The molecule has 0 fully saturated rings. The van der Waals surface area contributed by atoms with Gasteiger partial charge in [0.1, 0.15) is 17.1 Å². The molecule has 0 saturated heterocycles. The Hall–Kier alpha value is -1.96. The van der Waals surface area contributed by atoms with Crippen LogP contribution in [0.3, 0.4) is 0 Å². The van der Waals surface area contributed by atoms with Gasteiger partial charge in [-0.3, -0.25) is 0 Å². The second-order valence-corrected chi connectivity index (χ2v) is 5.47. The molecule has 0 N–H and O–H groups in total. The maximum atomic E-state index is 5.81. The quantitative estimate of drug-likeness (QED) is 0.802. The van der Waals surface area contributed by atoms with Gasteiger partial charge in [0, 0.05) is 0 Å². The van der Waals surface area contributed by atoms with Crippen LogP contribution in [0.5, 0.6) is 11.5 Å². The Balaban J connectivity index is 2.22. The van der Waals surface area contributed by atoms with Crippen molar-refractivity contribution in [2.24, 2.45) is 0 Å². The van der Waals surface area contributed by atoms with Crippen LogP contribution in [0.2, 0.25) is 0 Å². The zero-order valence-corrected chi connectivity index (χ0v) is 11.9. The molecule has 0 atom stereocenters. The highest BCUT2D eigenvalue weighted by atomic mass is 16.5. The summed E-state index contributed by atoms with van der Waals surface area (Å²) in [6, 6.07) is 16.2. The maximum absolute atomic E-state index is 5.81. The van der Waals surface area contributed by atoms with Crippen molar-refractivity contribution in [2.45, 2.75) is 26.4 Å². The van der Waals surface area contributed by atoms with Crippen LogP contribution in [0.25, 0.3) is 11.1 Å². The molecule has 2 aromatic rings. The molecule has 0 aliphatic heterocycles.